The molecule has 1 rings (SSSR count). The zero-order chi connectivity index (χ0) is 11.6. The van der Waals surface area contributed by atoms with Crippen LogP contribution in [-0.2, 0) is 4.84 Å². The van der Waals surface area contributed by atoms with Gasteiger partial charge in [0.05, 0.1) is 6.61 Å². The summed E-state index contributed by atoms with van der Waals surface area (Å²) in [5.41, 5.74) is 0. The average Bonchev–Trinajstić information content (AvgIpc) is 2.42. The van der Waals surface area contributed by atoms with E-state index in [1.54, 1.807) is 0 Å². The van der Waals surface area contributed by atoms with Crippen molar-refractivity contribution in [1.29, 1.82) is 0 Å². The van der Waals surface area contributed by atoms with Crippen LogP contribution in [-0.4, -0.2) is 68.3 Å². The minimum Gasteiger partial charge on any atom is -0.394 e. The molecular formula is C7H14N2O6. The van der Waals surface area contributed by atoms with Crippen LogP contribution in [0.5, 0.6) is 0 Å². The first-order valence-corrected chi connectivity index (χ1v) is 4.37. The molecule has 0 aromatic rings. The first-order chi connectivity index (χ1) is 7.02. The second kappa shape index (κ2) is 4.73. The van der Waals surface area contributed by atoms with Crippen molar-refractivity contribution in [2.24, 2.45) is 0 Å². The first-order valence-electron chi connectivity index (χ1n) is 4.37. The number of aliphatic hydroxyl groups excluding tert-OH is 4. The summed E-state index contributed by atoms with van der Waals surface area (Å²) in [5, 5.41) is 36.6. The van der Waals surface area contributed by atoms with E-state index in [2.05, 4.69) is 0 Å². The van der Waals surface area contributed by atoms with Gasteiger partial charge < -0.3 is 20.4 Å². The van der Waals surface area contributed by atoms with E-state index in [9.17, 15) is 15.0 Å². The van der Waals surface area contributed by atoms with Gasteiger partial charge in [0.1, 0.15) is 12.8 Å². The second-order valence-electron chi connectivity index (χ2n) is 3.15. The van der Waals surface area contributed by atoms with Gasteiger partial charge in [0, 0.05) is 0 Å². The molecule has 0 aromatic heterocycles. The van der Waals surface area contributed by atoms with Gasteiger partial charge in [-0.2, -0.15) is 5.06 Å². The van der Waals surface area contributed by atoms with Gasteiger partial charge in [-0.25, -0.2) is 4.79 Å². The van der Waals surface area contributed by atoms with Crippen molar-refractivity contribution >= 4 is 6.03 Å². The summed E-state index contributed by atoms with van der Waals surface area (Å²) in [6.07, 6.45) is -3.83. The standard InChI is InChI=1S/C7H14N2O6/c1-4(2-10)15-9-6(13)5(12)8(3-11)7(9)14/h4-6,10-13H,2-3H2,1H3. The summed E-state index contributed by atoms with van der Waals surface area (Å²) >= 11 is 0. The monoisotopic (exact) mass is 222 g/mol. The molecule has 1 aliphatic heterocycles. The lowest BCUT2D eigenvalue weighted by Gasteiger charge is -2.21. The Labute approximate surface area is 85.8 Å². The topological polar surface area (TPSA) is 114 Å². The van der Waals surface area contributed by atoms with E-state index in [1.165, 1.54) is 6.92 Å². The summed E-state index contributed by atoms with van der Waals surface area (Å²) in [6, 6.07) is -0.863. The van der Waals surface area contributed by atoms with Gasteiger partial charge in [0.25, 0.3) is 0 Å². The molecule has 0 aromatic carbocycles. The highest BCUT2D eigenvalue weighted by molar-refractivity contribution is 5.75. The molecule has 0 bridgehead atoms. The van der Waals surface area contributed by atoms with Crippen LogP contribution in [0.2, 0.25) is 0 Å². The second-order valence-corrected chi connectivity index (χ2v) is 3.15. The van der Waals surface area contributed by atoms with Gasteiger partial charge in [0.2, 0.25) is 6.23 Å². The number of hydrogen-bond acceptors (Lipinski definition) is 6. The van der Waals surface area contributed by atoms with Crippen LogP contribution in [0.15, 0.2) is 0 Å². The highest BCUT2D eigenvalue weighted by Crippen LogP contribution is 2.20. The van der Waals surface area contributed by atoms with Gasteiger partial charge in [-0.3, -0.25) is 9.74 Å². The van der Waals surface area contributed by atoms with E-state index in [0.717, 1.165) is 0 Å². The molecule has 3 atom stereocenters. The Bertz CT molecular complexity index is 238. The third kappa shape index (κ3) is 2.19. The largest absolute Gasteiger partial charge is 0.394 e. The van der Waals surface area contributed by atoms with E-state index in [1.807, 2.05) is 0 Å². The Hall–Kier alpha value is -0.930. The molecule has 0 aliphatic carbocycles. The van der Waals surface area contributed by atoms with E-state index >= 15 is 0 Å². The third-order valence-corrected chi connectivity index (χ3v) is 1.96. The Balaban J connectivity index is 2.69. The summed E-state index contributed by atoms with van der Waals surface area (Å²) < 4.78 is 0. The normalized spacial score (nSPS) is 28.7. The lowest BCUT2D eigenvalue weighted by atomic mass is 10.4. The summed E-state index contributed by atoms with van der Waals surface area (Å²) in [5.74, 6) is 0. The highest BCUT2D eigenvalue weighted by Gasteiger charge is 2.45. The fourth-order valence-electron chi connectivity index (χ4n) is 1.11. The molecule has 15 heavy (non-hydrogen) atoms. The number of amides is 2. The number of urea groups is 1. The zero-order valence-electron chi connectivity index (χ0n) is 8.15. The first kappa shape index (κ1) is 12.1. The number of carbonyl (C=O) groups is 1. The van der Waals surface area contributed by atoms with Crippen LogP contribution in [0.1, 0.15) is 6.92 Å². The van der Waals surface area contributed by atoms with Crippen LogP contribution < -0.4 is 0 Å². The quantitative estimate of drug-likeness (QED) is 0.422. The lowest BCUT2D eigenvalue weighted by Crippen LogP contribution is -2.39. The summed E-state index contributed by atoms with van der Waals surface area (Å²) in [4.78, 5) is 16.9. The number of hydroxylamine groups is 2. The number of carbonyl (C=O) groups excluding carboxylic acids is 1. The van der Waals surface area contributed by atoms with Gasteiger partial charge in [-0.05, 0) is 6.92 Å². The molecule has 1 fully saturated rings. The SMILES string of the molecule is CC(CO)ON1C(=O)N(CO)C(O)C1O. The molecule has 1 aliphatic rings. The molecule has 1 heterocycles. The maximum absolute atomic E-state index is 11.4. The Kier molecular flexibility index (Phi) is 3.83. The molecule has 0 saturated carbocycles. The Morgan fingerprint density at radius 2 is 2.00 bits per heavy atom. The van der Waals surface area contributed by atoms with Crippen molar-refractivity contribution < 1.29 is 30.1 Å². The minimum atomic E-state index is -1.58. The Morgan fingerprint density at radius 3 is 2.40 bits per heavy atom. The van der Waals surface area contributed by atoms with Crippen LogP contribution >= 0.6 is 0 Å². The maximum Gasteiger partial charge on any atom is 0.350 e. The van der Waals surface area contributed by atoms with Gasteiger partial charge in [-0.15, -0.1) is 0 Å². The number of rotatable bonds is 4. The van der Waals surface area contributed by atoms with Crippen LogP contribution in [0.4, 0.5) is 4.79 Å². The molecular weight excluding hydrogens is 208 g/mol. The lowest BCUT2D eigenvalue weighted by molar-refractivity contribution is -0.234. The van der Waals surface area contributed by atoms with Gasteiger partial charge in [0.15, 0.2) is 6.23 Å². The van der Waals surface area contributed by atoms with Gasteiger partial charge in [-0.1, -0.05) is 0 Å². The number of nitrogens with zero attached hydrogens (tertiary/aromatic N) is 2. The van der Waals surface area contributed by atoms with E-state index in [4.69, 9.17) is 15.1 Å². The van der Waals surface area contributed by atoms with Crippen molar-refractivity contribution in [2.45, 2.75) is 25.5 Å². The summed E-state index contributed by atoms with van der Waals surface area (Å²) in [7, 11) is 0. The fraction of sp³-hybridized carbons (Fsp3) is 0.857. The van der Waals surface area contributed by atoms with Crippen LogP contribution in [0.25, 0.3) is 0 Å². The molecule has 8 nitrogen and oxygen atoms in total. The molecule has 8 heteroatoms. The van der Waals surface area contributed by atoms with Gasteiger partial charge >= 0.3 is 6.03 Å². The molecule has 88 valence electrons. The molecule has 0 spiro atoms. The average molecular weight is 222 g/mol. The zero-order valence-corrected chi connectivity index (χ0v) is 8.15. The summed E-state index contributed by atoms with van der Waals surface area (Å²) in [6.45, 7) is 0.407. The number of aliphatic hydroxyl groups is 4. The Morgan fingerprint density at radius 1 is 1.40 bits per heavy atom. The molecule has 3 unspecified atom stereocenters. The highest BCUT2D eigenvalue weighted by atomic mass is 16.7. The molecule has 4 N–H and O–H groups in total. The van der Waals surface area contributed by atoms with Crippen molar-refractivity contribution in [3.63, 3.8) is 0 Å². The maximum atomic E-state index is 11.4. The van der Waals surface area contributed by atoms with E-state index < -0.39 is 31.3 Å². The molecule has 1 saturated heterocycles. The molecule has 0 radical (unpaired) electrons. The smallest absolute Gasteiger partial charge is 0.350 e. The van der Waals surface area contributed by atoms with Crippen LogP contribution in [0, 0.1) is 0 Å². The molecule has 2 amide bonds. The van der Waals surface area contributed by atoms with Crippen LogP contribution in [0.3, 0.4) is 0 Å². The van der Waals surface area contributed by atoms with Crippen molar-refractivity contribution in [2.75, 3.05) is 13.3 Å². The predicted octanol–water partition coefficient (Wildman–Crippen LogP) is -2.38. The number of hydrogen-bond donors (Lipinski definition) is 4. The van der Waals surface area contributed by atoms with Crippen molar-refractivity contribution in [3.05, 3.63) is 0 Å². The van der Waals surface area contributed by atoms with E-state index in [0.29, 0.717) is 9.96 Å². The van der Waals surface area contributed by atoms with Crippen molar-refractivity contribution in [3.8, 4) is 0 Å². The van der Waals surface area contributed by atoms with Crippen molar-refractivity contribution in [1.82, 2.24) is 9.96 Å². The predicted molar refractivity (Wildman–Crippen MR) is 45.8 cm³/mol. The fourth-order valence-corrected chi connectivity index (χ4v) is 1.11. The minimum absolute atomic E-state index is 0.342. The third-order valence-electron chi connectivity index (χ3n) is 1.96. The van der Waals surface area contributed by atoms with E-state index in [-0.39, 0.29) is 6.61 Å².